The van der Waals surface area contributed by atoms with E-state index in [2.05, 4.69) is 0 Å². The van der Waals surface area contributed by atoms with E-state index in [0.717, 1.165) is 28.2 Å². The number of carbonyl (C=O) groups is 1. The molecule has 104 valence electrons. The van der Waals surface area contributed by atoms with E-state index in [0.29, 0.717) is 0 Å². The first-order valence-corrected chi connectivity index (χ1v) is 6.56. The molecule has 2 aromatic rings. The van der Waals surface area contributed by atoms with Crippen LogP contribution in [-0.2, 0) is 4.79 Å². The number of aliphatic carboxylic acids is 1. The van der Waals surface area contributed by atoms with Crippen molar-refractivity contribution in [3.05, 3.63) is 59.2 Å². The van der Waals surface area contributed by atoms with Gasteiger partial charge in [0.2, 0.25) is 0 Å². The van der Waals surface area contributed by atoms with E-state index in [1.54, 1.807) is 6.92 Å². The zero-order valence-electron chi connectivity index (χ0n) is 11.9. The van der Waals surface area contributed by atoms with Crippen molar-refractivity contribution in [2.75, 3.05) is 0 Å². The molecule has 0 spiro atoms. The molecule has 0 saturated carbocycles. The van der Waals surface area contributed by atoms with Gasteiger partial charge in [0.05, 0.1) is 5.92 Å². The van der Waals surface area contributed by atoms with Crippen molar-refractivity contribution in [1.82, 2.24) is 0 Å². The highest BCUT2D eigenvalue weighted by atomic mass is 16.5. The van der Waals surface area contributed by atoms with Gasteiger partial charge in [0, 0.05) is 0 Å². The van der Waals surface area contributed by atoms with Gasteiger partial charge in [0.15, 0.2) is 0 Å². The lowest BCUT2D eigenvalue weighted by Crippen LogP contribution is -2.08. The molecule has 0 aromatic heterocycles. The largest absolute Gasteiger partial charge is 0.481 e. The Kier molecular flexibility index (Phi) is 4.08. The fourth-order valence-corrected chi connectivity index (χ4v) is 2.14. The van der Waals surface area contributed by atoms with Crippen molar-refractivity contribution in [2.45, 2.75) is 26.7 Å². The third-order valence-corrected chi connectivity index (χ3v) is 3.32. The van der Waals surface area contributed by atoms with Gasteiger partial charge in [-0.3, -0.25) is 4.79 Å². The molecule has 0 aliphatic heterocycles. The van der Waals surface area contributed by atoms with Crippen LogP contribution in [0.1, 0.15) is 29.5 Å². The standard InChI is InChI=1S/C17H18O3/c1-11-9-14(13(3)17(18)19)10-12(2)16(11)20-15-7-5-4-6-8-15/h4-10,13H,1-3H3,(H,18,19). The number of rotatable bonds is 4. The van der Waals surface area contributed by atoms with Gasteiger partial charge in [-0.1, -0.05) is 30.3 Å². The minimum Gasteiger partial charge on any atom is -0.481 e. The van der Waals surface area contributed by atoms with Crippen LogP contribution in [0.2, 0.25) is 0 Å². The molecule has 0 aliphatic rings. The molecular formula is C17H18O3. The summed E-state index contributed by atoms with van der Waals surface area (Å²) < 4.78 is 5.89. The average molecular weight is 270 g/mol. The van der Waals surface area contributed by atoms with Crippen LogP contribution in [0.3, 0.4) is 0 Å². The highest BCUT2D eigenvalue weighted by Crippen LogP contribution is 2.31. The molecule has 0 radical (unpaired) electrons. The molecule has 2 rings (SSSR count). The fraction of sp³-hybridized carbons (Fsp3) is 0.235. The Morgan fingerprint density at radius 2 is 1.65 bits per heavy atom. The van der Waals surface area contributed by atoms with Crippen molar-refractivity contribution in [3.8, 4) is 11.5 Å². The number of carboxylic acid groups (broad SMARTS) is 1. The number of hydrogen-bond donors (Lipinski definition) is 1. The Bertz CT molecular complexity index is 594. The molecule has 20 heavy (non-hydrogen) atoms. The van der Waals surface area contributed by atoms with Crippen LogP contribution >= 0.6 is 0 Å². The number of aryl methyl sites for hydroxylation is 2. The lowest BCUT2D eigenvalue weighted by Gasteiger charge is -2.15. The normalized spacial score (nSPS) is 11.9. The average Bonchev–Trinajstić information content (AvgIpc) is 2.42. The highest BCUT2D eigenvalue weighted by molar-refractivity contribution is 5.76. The fourth-order valence-electron chi connectivity index (χ4n) is 2.14. The summed E-state index contributed by atoms with van der Waals surface area (Å²) >= 11 is 0. The van der Waals surface area contributed by atoms with Crippen LogP contribution in [0.15, 0.2) is 42.5 Å². The van der Waals surface area contributed by atoms with E-state index >= 15 is 0 Å². The van der Waals surface area contributed by atoms with Crippen LogP contribution in [0.5, 0.6) is 11.5 Å². The molecule has 1 unspecified atom stereocenters. The minimum atomic E-state index is -0.819. The van der Waals surface area contributed by atoms with Crippen molar-refractivity contribution < 1.29 is 14.6 Å². The van der Waals surface area contributed by atoms with Crippen LogP contribution in [0.4, 0.5) is 0 Å². The summed E-state index contributed by atoms with van der Waals surface area (Å²) in [7, 11) is 0. The first-order chi connectivity index (χ1) is 9.49. The van der Waals surface area contributed by atoms with Crippen molar-refractivity contribution >= 4 is 5.97 Å². The zero-order valence-corrected chi connectivity index (χ0v) is 11.9. The molecule has 0 fully saturated rings. The second-order valence-electron chi connectivity index (χ2n) is 4.96. The summed E-state index contributed by atoms with van der Waals surface area (Å²) in [5.74, 6) is 0.231. The Balaban J connectivity index is 2.34. The number of carboxylic acids is 1. The third kappa shape index (κ3) is 2.99. The molecule has 1 atom stereocenters. The molecular weight excluding hydrogens is 252 g/mol. The summed E-state index contributed by atoms with van der Waals surface area (Å²) in [6.45, 7) is 5.56. The molecule has 3 heteroatoms. The van der Waals surface area contributed by atoms with E-state index in [9.17, 15) is 4.79 Å². The van der Waals surface area contributed by atoms with Crippen LogP contribution in [0, 0.1) is 13.8 Å². The summed E-state index contributed by atoms with van der Waals surface area (Å²) in [5.41, 5.74) is 2.68. The Morgan fingerprint density at radius 1 is 1.10 bits per heavy atom. The van der Waals surface area contributed by atoms with E-state index < -0.39 is 11.9 Å². The quantitative estimate of drug-likeness (QED) is 0.901. The number of hydrogen-bond acceptors (Lipinski definition) is 2. The number of ether oxygens (including phenoxy) is 1. The minimum absolute atomic E-state index is 0.516. The maximum absolute atomic E-state index is 11.1. The van der Waals surface area contributed by atoms with E-state index in [-0.39, 0.29) is 0 Å². The summed E-state index contributed by atoms with van der Waals surface area (Å²) in [6, 6.07) is 13.3. The molecule has 0 saturated heterocycles. The second kappa shape index (κ2) is 5.78. The maximum atomic E-state index is 11.1. The lowest BCUT2D eigenvalue weighted by atomic mass is 9.96. The molecule has 0 heterocycles. The molecule has 0 amide bonds. The zero-order chi connectivity index (χ0) is 14.7. The molecule has 2 aromatic carbocycles. The second-order valence-corrected chi connectivity index (χ2v) is 4.96. The van der Waals surface area contributed by atoms with Gasteiger partial charge in [-0.05, 0) is 49.6 Å². The highest BCUT2D eigenvalue weighted by Gasteiger charge is 2.16. The molecule has 3 nitrogen and oxygen atoms in total. The number of para-hydroxylation sites is 1. The van der Waals surface area contributed by atoms with E-state index in [4.69, 9.17) is 9.84 Å². The summed E-state index contributed by atoms with van der Waals surface area (Å²) in [5, 5.41) is 9.09. The Labute approximate surface area is 118 Å². The number of benzene rings is 2. The van der Waals surface area contributed by atoms with Gasteiger partial charge in [-0.25, -0.2) is 0 Å². The smallest absolute Gasteiger partial charge is 0.310 e. The van der Waals surface area contributed by atoms with Gasteiger partial charge < -0.3 is 9.84 Å². The van der Waals surface area contributed by atoms with E-state index in [1.807, 2.05) is 56.3 Å². The van der Waals surface area contributed by atoms with E-state index in [1.165, 1.54) is 0 Å². The molecule has 0 aliphatic carbocycles. The monoisotopic (exact) mass is 270 g/mol. The van der Waals surface area contributed by atoms with Crippen LogP contribution in [-0.4, -0.2) is 11.1 Å². The molecule has 0 bridgehead atoms. The summed E-state index contributed by atoms with van der Waals surface area (Å²) in [4.78, 5) is 11.1. The van der Waals surface area contributed by atoms with Crippen LogP contribution in [0.25, 0.3) is 0 Å². The van der Waals surface area contributed by atoms with Gasteiger partial charge in [-0.2, -0.15) is 0 Å². The Morgan fingerprint density at radius 3 is 2.15 bits per heavy atom. The van der Waals surface area contributed by atoms with Crippen molar-refractivity contribution in [3.63, 3.8) is 0 Å². The van der Waals surface area contributed by atoms with Gasteiger partial charge in [-0.15, -0.1) is 0 Å². The molecule has 1 N–H and O–H groups in total. The third-order valence-electron chi connectivity index (χ3n) is 3.32. The predicted octanol–water partition coefficient (Wildman–Crippen LogP) is 4.28. The SMILES string of the molecule is Cc1cc(C(C)C(=O)O)cc(C)c1Oc1ccccc1. The van der Waals surface area contributed by atoms with Crippen molar-refractivity contribution in [2.24, 2.45) is 0 Å². The van der Waals surface area contributed by atoms with Gasteiger partial charge in [0.25, 0.3) is 0 Å². The van der Waals surface area contributed by atoms with Crippen LogP contribution < -0.4 is 4.74 Å². The maximum Gasteiger partial charge on any atom is 0.310 e. The first-order valence-electron chi connectivity index (χ1n) is 6.56. The van der Waals surface area contributed by atoms with Crippen molar-refractivity contribution in [1.29, 1.82) is 0 Å². The predicted molar refractivity (Wildman–Crippen MR) is 78.5 cm³/mol. The van der Waals surface area contributed by atoms with Gasteiger partial charge >= 0.3 is 5.97 Å². The Hall–Kier alpha value is -2.29. The topological polar surface area (TPSA) is 46.5 Å². The van der Waals surface area contributed by atoms with Gasteiger partial charge in [0.1, 0.15) is 11.5 Å². The lowest BCUT2D eigenvalue weighted by molar-refractivity contribution is -0.138. The first kappa shape index (κ1) is 14.1. The summed E-state index contributed by atoms with van der Waals surface area (Å²) in [6.07, 6.45) is 0.